The number of aromatic nitrogens is 3. The van der Waals surface area contributed by atoms with Crippen LogP contribution in [0.1, 0.15) is 6.42 Å². The van der Waals surface area contributed by atoms with Gasteiger partial charge in [0, 0.05) is 12.6 Å². The predicted octanol–water partition coefficient (Wildman–Crippen LogP) is 2.83. The van der Waals surface area contributed by atoms with Crippen LogP contribution >= 0.6 is 35.8 Å². The van der Waals surface area contributed by atoms with E-state index in [-0.39, 0.29) is 11.1 Å². The molecule has 100 valence electrons. The molecular formula is C11H10Cl2N4OS. The molecule has 1 N–H and O–H groups in total. The maximum absolute atomic E-state index is 11.5. The van der Waals surface area contributed by atoms with Crippen molar-refractivity contribution in [2.24, 2.45) is 0 Å². The van der Waals surface area contributed by atoms with E-state index in [9.17, 15) is 4.79 Å². The summed E-state index contributed by atoms with van der Waals surface area (Å²) in [6, 6.07) is 1.69. The highest BCUT2D eigenvalue weighted by molar-refractivity contribution is 7.80. The average molecular weight is 317 g/mol. The molecule has 2 aromatic rings. The van der Waals surface area contributed by atoms with E-state index in [2.05, 4.69) is 28.0 Å². The smallest absolute Gasteiger partial charge is 0.225 e. The molecule has 2 rings (SSSR count). The normalized spacial score (nSPS) is 10.5. The first kappa shape index (κ1) is 14.2. The van der Waals surface area contributed by atoms with Crippen LogP contribution in [0.5, 0.6) is 0 Å². The SMILES string of the molecule is O=C(CCS)Nc1cn(-c2cncc(Cl)c2)nc1Cl. The summed E-state index contributed by atoms with van der Waals surface area (Å²) < 4.78 is 1.50. The van der Waals surface area contributed by atoms with Crippen LogP contribution in [0.25, 0.3) is 5.69 Å². The molecule has 0 unspecified atom stereocenters. The molecule has 0 aromatic carbocycles. The van der Waals surface area contributed by atoms with Crippen LogP contribution in [-0.2, 0) is 4.79 Å². The molecule has 8 heteroatoms. The molecular weight excluding hydrogens is 307 g/mol. The van der Waals surface area contributed by atoms with E-state index in [1.165, 1.54) is 10.9 Å². The van der Waals surface area contributed by atoms with Gasteiger partial charge in [-0.1, -0.05) is 23.2 Å². The Morgan fingerprint density at radius 2 is 2.21 bits per heavy atom. The summed E-state index contributed by atoms with van der Waals surface area (Å²) in [4.78, 5) is 15.4. The first-order valence-corrected chi connectivity index (χ1v) is 6.76. The summed E-state index contributed by atoms with van der Waals surface area (Å²) >= 11 is 15.8. The molecule has 0 aliphatic carbocycles. The van der Waals surface area contributed by atoms with Gasteiger partial charge >= 0.3 is 0 Å². The molecule has 0 fully saturated rings. The minimum Gasteiger partial charge on any atom is -0.322 e. The molecule has 1 amide bonds. The second kappa shape index (κ2) is 6.27. The third kappa shape index (κ3) is 3.62. The summed E-state index contributed by atoms with van der Waals surface area (Å²) in [5.74, 6) is 0.302. The molecule has 2 aromatic heterocycles. The largest absolute Gasteiger partial charge is 0.322 e. The zero-order valence-corrected chi connectivity index (χ0v) is 12.1. The van der Waals surface area contributed by atoms with Crippen molar-refractivity contribution in [1.82, 2.24) is 14.8 Å². The molecule has 0 saturated heterocycles. The van der Waals surface area contributed by atoms with Gasteiger partial charge in [-0.3, -0.25) is 9.78 Å². The van der Waals surface area contributed by atoms with E-state index in [4.69, 9.17) is 23.2 Å². The van der Waals surface area contributed by atoms with Crippen LogP contribution in [0, 0.1) is 0 Å². The number of nitrogens with one attached hydrogen (secondary N) is 1. The lowest BCUT2D eigenvalue weighted by Gasteiger charge is -2.01. The van der Waals surface area contributed by atoms with Gasteiger partial charge in [0.1, 0.15) is 0 Å². The maximum Gasteiger partial charge on any atom is 0.225 e. The van der Waals surface area contributed by atoms with Gasteiger partial charge in [0.25, 0.3) is 0 Å². The predicted molar refractivity (Wildman–Crippen MR) is 78.5 cm³/mol. The molecule has 0 spiro atoms. The number of thiol groups is 1. The van der Waals surface area contributed by atoms with Crippen molar-refractivity contribution in [2.75, 3.05) is 11.1 Å². The number of hydrogen-bond donors (Lipinski definition) is 2. The van der Waals surface area contributed by atoms with Crippen molar-refractivity contribution in [3.63, 3.8) is 0 Å². The maximum atomic E-state index is 11.5. The van der Waals surface area contributed by atoms with Crippen molar-refractivity contribution in [2.45, 2.75) is 6.42 Å². The molecule has 2 heterocycles. The standard InChI is InChI=1S/C11H10Cl2N4OS/c12-7-3-8(5-14-4-7)17-6-9(11(13)16-17)15-10(18)1-2-19/h3-6,19H,1-2H2,(H,15,18). The van der Waals surface area contributed by atoms with Crippen molar-refractivity contribution in [3.8, 4) is 5.69 Å². The summed E-state index contributed by atoms with van der Waals surface area (Å²) in [5.41, 5.74) is 1.09. The number of amides is 1. The number of carbonyl (C=O) groups excluding carboxylic acids is 1. The van der Waals surface area contributed by atoms with Gasteiger partial charge in [-0.25, -0.2) is 4.68 Å². The highest BCUT2D eigenvalue weighted by Crippen LogP contribution is 2.22. The fraction of sp³-hybridized carbons (Fsp3) is 0.182. The molecule has 0 radical (unpaired) electrons. The second-order valence-corrected chi connectivity index (χ2v) is 4.90. The van der Waals surface area contributed by atoms with E-state index >= 15 is 0 Å². The van der Waals surface area contributed by atoms with Gasteiger partial charge in [-0.15, -0.1) is 0 Å². The van der Waals surface area contributed by atoms with Gasteiger partial charge in [-0.2, -0.15) is 17.7 Å². The molecule has 0 bridgehead atoms. The van der Waals surface area contributed by atoms with Crippen molar-refractivity contribution < 1.29 is 4.79 Å². The Bertz CT molecular complexity index is 602. The van der Waals surface area contributed by atoms with Crippen LogP contribution in [0.3, 0.4) is 0 Å². The number of halogens is 2. The minimum absolute atomic E-state index is 0.166. The van der Waals surface area contributed by atoms with E-state index in [0.29, 0.717) is 28.6 Å². The van der Waals surface area contributed by atoms with Crippen LogP contribution in [0.2, 0.25) is 10.2 Å². The number of pyridine rings is 1. The second-order valence-electron chi connectivity index (χ2n) is 3.66. The third-order valence-electron chi connectivity index (χ3n) is 2.24. The Kier molecular flexibility index (Phi) is 4.68. The fourth-order valence-electron chi connectivity index (χ4n) is 1.41. The van der Waals surface area contributed by atoms with E-state index < -0.39 is 0 Å². The van der Waals surface area contributed by atoms with E-state index in [1.54, 1.807) is 18.5 Å². The fourth-order valence-corrected chi connectivity index (χ4v) is 1.96. The Labute approximate surface area is 125 Å². The van der Waals surface area contributed by atoms with Crippen LogP contribution in [-0.4, -0.2) is 26.4 Å². The van der Waals surface area contributed by atoms with Crippen LogP contribution < -0.4 is 5.32 Å². The molecule has 0 saturated carbocycles. The number of hydrogen-bond acceptors (Lipinski definition) is 4. The number of anilines is 1. The number of rotatable bonds is 4. The molecule has 5 nitrogen and oxygen atoms in total. The topological polar surface area (TPSA) is 59.8 Å². The quantitative estimate of drug-likeness (QED) is 0.853. The van der Waals surface area contributed by atoms with Gasteiger partial charge in [0.05, 0.1) is 28.8 Å². The summed E-state index contributed by atoms with van der Waals surface area (Å²) in [6.45, 7) is 0. The summed E-state index contributed by atoms with van der Waals surface area (Å²) in [5, 5.41) is 7.44. The average Bonchev–Trinajstić information content (AvgIpc) is 2.71. The highest BCUT2D eigenvalue weighted by Gasteiger charge is 2.11. The number of carbonyl (C=O) groups is 1. The van der Waals surface area contributed by atoms with Crippen LogP contribution in [0.15, 0.2) is 24.7 Å². The monoisotopic (exact) mass is 316 g/mol. The first-order valence-electron chi connectivity index (χ1n) is 5.37. The van der Waals surface area contributed by atoms with Gasteiger partial charge in [-0.05, 0) is 11.8 Å². The Balaban J connectivity index is 2.23. The van der Waals surface area contributed by atoms with Crippen molar-refractivity contribution >= 4 is 47.4 Å². The van der Waals surface area contributed by atoms with Crippen LogP contribution in [0.4, 0.5) is 5.69 Å². The Hall–Kier alpha value is -1.24. The van der Waals surface area contributed by atoms with Crippen molar-refractivity contribution in [3.05, 3.63) is 34.8 Å². The molecule has 0 aliphatic rings. The van der Waals surface area contributed by atoms with Gasteiger partial charge in [0.2, 0.25) is 5.91 Å². The lowest BCUT2D eigenvalue weighted by molar-refractivity contribution is -0.115. The molecule has 0 atom stereocenters. The first-order chi connectivity index (χ1) is 9.10. The van der Waals surface area contributed by atoms with Gasteiger partial charge < -0.3 is 5.32 Å². The number of nitrogens with zero attached hydrogens (tertiary/aromatic N) is 3. The lowest BCUT2D eigenvalue weighted by Crippen LogP contribution is -2.11. The Morgan fingerprint density at radius 1 is 1.42 bits per heavy atom. The molecule has 0 aliphatic heterocycles. The third-order valence-corrected chi connectivity index (χ3v) is 2.95. The van der Waals surface area contributed by atoms with Gasteiger partial charge in [0.15, 0.2) is 5.15 Å². The minimum atomic E-state index is -0.166. The summed E-state index contributed by atoms with van der Waals surface area (Å²) in [6.07, 6.45) is 5.02. The molecule has 19 heavy (non-hydrogen) atoms. The van der Waals surface area contributed by atoms with Crippen molar-refractivity contribution in [1.29, 1.82) is 0 Å². The summed E-state index contributed by atoms with van der Waals surface area (Å²) in [7, 11) is 0. The zero-order chi connectivity index (χ0) is 13.8. The van der Waals surface area contributed by atoms with E-state index in [0.717, 1.165) is 0 Å². The highest BCUT2D eigenvalue weighted by atomic mass is 35.5. The Morgan fingerprint density at radius 3 is 2.89 bits per heavy atom. The zero-order valence-electron chi connectivity index (χ0n) is 9.68. The lowest BCUT2D eigenvalue weighted by atomic mass is 10.4. The van der Waals surface area contributed by atoms with E-state index in [1.807, 2.05) is 0 Å².